The summed E-state index contributed by atoms with van der Waals surface area (Å²) in [5.74, 6) is 0. The van der Waals surface area contributed by atoms with Crippen LogP contribution < -0.4 is 0 Å². The molecular weight excluding hydrogens is 258 g/mol. The summed E-state index contributed by atoms with van der Waals surface area (Å²) in [5, 5.41) is 0. The topological polar surface area (TPSA) is 12.9 Å². The van der Waals surface area contributed by atoms with Crippen LogP contribution in [0.15, 0.2) is 34.8 Å². The van der Waals surface area contributed by atoms with Crippen LogP contribution in [0.1, 0.15) is 16.1 Å². The number of halogens is 1. The Morgan fingerprint density at radius 2 is 2.00 bits per heavy atom. The minimum Gasteiger partial charge on any atom is -0.197 e. The van der Waals surface area contributed by atoms with Crippen molar-refractivity contribution in [3.05, 3.63) is 50.9 Å². The Balaban J connectivity index is 2.23. The molecule has 0 unspecified atom stereocenters. The highest BCUT2D eigenvalue weighted by Gasteiger charge is 2.07. The van der Waals surface area contributed by atoms with Gasteiger partial charge in [-0.25, -0.2) is 0 Å². The van der Waals surface area contributed by atoms with Gasteiger partial charge < -0.3 is 0 Å². The SMILES string of the molecule is Cc1nsc(Cc2ccccc2)c1Br. The molecule has 0 spiro atoms. The Morgan fingerprint density at radius 1 is 1.29 bits per heavy atom. The third-order valence-corrected chi connectivity index (χ3v) is 4.31. The molecular formula is C11H10BrNS. The van der Waals surface area contributed by atoms with E-state index in [1.807, 2.05) is 13.0 Å². The predicted octanol–water partition coefficient (Wildman–Crippen LogP) is 3.80. The van der Waals surface area contributed by atoms with Crippen molar-refractivity contribution < 1.29 is 0 Å². The molecule has 0 bridgehead atoms. The van der Waals surface area contributed by atoms with Crippen molar-refractivity contribution in [2.75, 3.05) is 0 Å². The van der Waals surface area contributed by atoms with E-state index in [0.29, 0.717) is 0 Å². The van der Waals surface area contributed by atoms with E-state index < -0.39 is 0 Å². The van der Waals surface area contributed by atoms with Crippen LogP contribution in [-0.2, 0) is 6.42 Å². The van der Waals surface area contributed by atoms with Crippen LogP contribution in [-0.4, -0.2) is 4.37 Å². The van der Waals surface area contributed by atoms with Gasteiger partial charge in [-0.15, -0.1) is 0 Å². The zero-order valence-electron chi connectivity index (χ0n) is 7.83. The van der Waals surface area contributed by atoms with Crippen molar-refractivity contribution in [1.29, 1.82) is 0 Å². The molecule has 1 aromatic heterocycles. The van der Waals surface area contributed by atoms with Crippen LogP contribution in [0.4, 0.5) is 0 Å². The maximum atomic E-state index is 4.31. The molecule has 3 heteroatoms. The van der Waals surface area contributed by atoms with Crippen LogP contribution >= 0.6 is 27.5 Å². The van der Waals surface area contributed by atoms with E-state index in [2.05, 4.69) is 44.6 Å². The first-order valence-corrected chi connectivity index (χ1v) is 5.98. The van der Waals surface area contributed by atoms with Crippen LogP contribution in [0.3, 0.4) is 0 Å². The Bertz CT molecular complexity index is 422. The molecule has 0 saturated heterocycles. The predicted molar refractivity (Wildman–Crippen MR) is 63.8 cm³/mol. The van der Waals surface area contributed by atoms with E-state index in [1.54, 1.807) is 11.5 Å². The normalized spacial score (nSPS) is 10.4. The molecule has 0 aliphatic rings. The summed E-state index contributed by atoms with van der Waals surface area (Å²) in [4.78, 5) is 1.30. The smallest absolute Gasteiger partial charge is 0.0656 e. The maximum Gasteiger partial charge on any atom is 0.0656 e. The zero-order valence-corrected chi connectivity index (χ0v) is 10.2. The van der Waals surface area contributed by atoms with Crippen molar-refractivity contribution in [2.45, 2.75) is 13.3 Å². The second-order valence-electron chi connectivity index (χ2n) is 3.17. The Kier molecular flexibility index (Phi) is 2.99. The molecule has 2 rings (SSSR count). The van der Waals surface area contributed by atoms with Gasteiger partial charge in [0, 0.05) is 11.3 Å². The molecule has 1 nitrogen and oxygen atoms in total. The molecule has 1 heterocycles. The Morgan fingerprint density at radius 3 is 2.57 bits per heavy atom. The van der Waals surface area contributed by atoms with Gasteiger partial charge in [0.15, 0.2) is 0 Å². The first-order chi connectivity index (χ1) is 6.77. The minimum atomic E-state index is 0.965. The lowest BCUT2D eigenvalue weighted by atomic mass is 10.1. The van der Waals surface area contributed by atoms with Crippen molar-refractivity contribution in [2.24, 2.45) is 0 Å². The summed E-state index contributed by atoms with van der Waals surface area (Å²) < 4.78 is 5.47. The van der Waals surface area contributed by atoms with E-state index >= 15 is 0 Å². The van der Waals surface area contributed by atoms with Gasteiger partial charge >= 0.3 is 0 Å². The molecule has 0 radical (unpaired) electrons. The van der Waals surface area contributed by atoms with Crippen molar-refractivity contribution in [3.63, 3.8) is 0 Å². The van der Waals surface area contributed by atoms with Crippen molar-refractivity contribution in [3.8, 4) is 0 Å². The molecule has 0 amide bonds. The van der Waals surface area contributed by atoms with Crippen LogP contribution in [0.25, 0.3) is 0 Å². The fourth-order valence-electron chi connectivity index (χ4n) is 1.30. The molecule has 72 valence electrons. The summed E-state index contributed by atoms with van der Waals surface area (Å²) >= 11 is 5.13. The third-order valence-electron chi connectivity index (χ3n) is 2.06. The van der Waals surface area contributed by atoms with E-state index in [1.165, 1.54) is 10.4 Å². The number of nitrogens with zero attached hydrogens (tertiary/aromatic N) is 1. The highest BCUT2D eigenvalue weighted by molar-refractivity contribution is 9.10. The van der Waals surface area contributed by atoms with E-state index in [0.717, 1.165) is 16.6 Å². The van der Waals surface area contributed by atoms with Crippen LogP contribution in [0.2, 0.25) is 0 Å². The lowest BCUT2D eigenvalue weighted by Gasteiger charge is -1.98. The maximum absolute atomic E-state index is 4.31. The van der Waals surface area contributed by atoms with Gasteiger partial charge in [-0.05, 0) is 39.9 Å². The molecule has 0 fully saturated rings. The molecule has 0 N–H and O–H groups in total. The summed E-state index contributed by atoms with van der Waals surface area (Å²) in [6.45, 7) is 2.02. The number of rotatable bonds is 2. The van der Waals surface area contributed by atoms with Gasteiger partial charge in [0.05, 0.1) is 10.2 Å². The Labute approximate surface area is 96.1 Å². The average Bonchev–Trinajstić information content (AvgIpc) is 2.52. The molecule has 2 aromatic rings. The molecule has 14 heavy (non-hydrogen) atoms. The van der Waals surface area contributed by atoms with Crippen molar-refractivity contribution in [1.82, 2.24) is 4.37 Å². The summed E-state index contributed by atoms with van der Waals surface area (Å²) in [7, 11) is 0. The quantitative estimate of drug-likeness (QED) is 0.807. The molecule has 0 aliphatic heterocycles. The fraction of sp³-hybridized carbons (Fsp3) is 0.182. The van der Waals surface area contributed by atoms with Gasteiger partial charge in [-0.1, -0.05) is 30.3 Å². The van der Waals surface area contributed by atoms with Crippen LogP contribution in [0, 0.1) is 6.92 Å². The van der Waals surface area contributed by atoms with Crippen LogP contribution in [0.5, 0.6) is 0 Å². The Hall–Kier alpha value is -0.670. The largest absolute Gasteiger partial charge is 0.197 e. The molecule has 0 aliphatic carbocycles. The molecule has 1 aromatic carbocycles. The summed E-state index contributed by atoms with van der Waals surface area (Å²) in [6, 6.07) is 10.5. The number of aromatic nitrogens is 1. The molecule has 0 atom stereocenters. The fourth-order valence-corrected chi connectivity index (χ4v) is 2.66. The van der Waals surface area contributed by atoms with Gasteiger partial charge in [-0.3, -0.25) is 0 Å². The van der Waals surface area contributed by atoms with Gasteiger partial charge in [0.1, 0.15) is 0 Å². The number of hydrogen-bond acceptors (Lipinski definition) is 2. The zero-order chi connectivity index (χ0) is 9.97. The van der Waals surface area contributed by atoms with Gasteiger partial charge in [-0.2, -0.15) is 4.37 Å². The first kappa shape index (κ1) is 9.87. The van der Waals surface area contributed by atoms with Crippen molar-refractivity contribution >= 4 is 27.5 Å². The second-order valence-corrected chi connectivity index (χ2v) is 4.82. The standard InChI is InChI=1S/C11H10BrNS/c1-8-11(12)10(14-13-8)7-9-5-3-2-4-6-9/h2-6H,7H2,1H3. The number of aryl methyl sites for hydroxylation is 1. The van der Waals surface area contributed by atoms with E-state index in [-0.39, 0.29) is 0 Å². The lowest BCUT2D eigenvalue weighted by Crippen LogP contribution is -1.84. The first-order valence-electron chi connectivity index (χ1n) is 4.42. The van der Waals surface area contributed by atoms with Gasteiger partial charge in [0.25, 0.3) is 0 Å². The van der Waals surface area contributed by atoms with Gasteiger partial charge in [0.2, 0.25) is 0 Å². The molecule has 0 saturated carbocycles. The third kappa shape index (κ3) is 2.04. The minimum absolute atomic E-state index is 0.965. The number of hydrogen-bond donors (Lipinski definition) is 0. The highest BCUT2D eigenvalue weighted by atomic mass is 79.9. The number of benzene rings is 1. The average molecular weight is 268 g/mol. The summed E-state index contributed by atoms with van der Waals surface area (Å²) in [5.41, 5.74) is 2.41. The lowest BCUT2D eigenvalue weighted by molar-refractivity contribution is 1.21. The monoisotopic (exact) mass is 267 g/mol. The second kappa shape index (κ2) is 4.24. The highest BCUT2D eigenvalue weighted by Crippen LogP contribution is 2.26. The van der Waals surface area contributed by atoms with E-state index in [4.69, 9.17) is 0 Å². The van der Waals surface area contributed by atoms with E-state index in [9.17, 15) is 0 Å². The summed E-state index contributed by atoms with van der Waals surface area (Å²) in [6.07, 6.45) is 0.965.